The van der Waals surface area contributed by atoms with Gasteiger partial charge in [-0.05, 0) is 13.8 Å². The molecule has 0 aliphatic rings. The molecule has 132 valence electrons. The predicted octanol–water partition coefficient (Wildman–Crippen LogP) is 0.887. The third-order valence-corrected chi connectivity index (χ3v) is 4.27. The lowest BCUT2D eigenvalue weighted by Gasteiger charge is -2.26. The molecule has 0 unspecified atom stereocenters. The number of aromatic nitrogens is 3. The van der Waals surface area contributed by atoms with E-state index in [0.717, 1.165) is 11.0 Å². The number of hydrogen-bond acceptors (Lipinski definition) is 8. The van der Waals surface area contributed by atoms with Crippen LogP contribution in [0, 0.1) is 0 Å². The maximum Gasteiger partial charge on any atom is 0.346 e. The Balaban J connectivity index is 2.74. The molecule has 0 aliphatic carbocycles. The molecule has 0 aromatic carbocycles. The molecular formula is C12H22N4O6S. The highest BCUT2D eigenvalue weighted by Gasteiger charge is 2.27. The lowest BCUT2D eigenvalue weighted by atomic mass is 10.5. The van der Waals surface area contributed by atoms with E-state index < -0.39 is 28.3 Å². The summed E-state index contributed by atoms with van der Waals surface area (Å²) < 4.78 is 30.4. The second kappa shape index (κ2) is 8.82. The Morgan fingerprint density at radius 1 is 1.30 bits per heavy atom. The monoisotopic (exact) mass is 350 g/mol. The summed E-state index contributed by atoms with van der Waals surface area (Å²) in [7, 11) is -2.13. The van der Waals surface area contributed by atoms with Crippen LogP contribution in [-0.4, -0.2) is 79.9 Å². The van der Waals surface area contributed by atoms with Gasteiger partial charge in [0, 0.05) is 20.2 Å². The summed E-state index contributed by atoms with van der Waals surface area (Å²) in [6.45, 7) is 4.79. The van der Waals surface area contributed by atoms with Crippen molar-refractivity contribution in [1.82, 2.24) is 19.7 Å². The summed E-state index contributed by atoms with van der Waals surface area (Å²) >= 11 is 0. The second-order valence-corrected chi connectivity index (χ2v) is 6.44. The van der Waals surface area contributed by atoms with E-state index in [0.29, 0.717) is 13.1 Å². The fourth-order valence-corrected chi connectivity index (χ4v) is 2.61. The summed E-state index contributed by atoms with van der Waals surface area (Å²) in [5.74, 6) is -1.49. The third-order valence-electron chi connectivity index (χ3n) is 2.86. The molecule has 1 heterocycles. The molecule has 2 N–H and O–H groups in total. The summed E-state index contributed by atoms with van der Waals surface area (Å²) in [5.41, 5.74) is 0. The summed E-state index contributed by atoms with van der Waals surface area (Å²) in [5, 5.41) is 3.39. The Labute approximate surface area is 135 Å². The Morgan fingerprint density at radius 2 is 1.96 bits per heavy atom. The van der Waals surface area contributed by atoms with Crippen molar-refractivity contribution in [2.75, 3.05) is 39.2 Å². The molecule has 0 atom stereocenters. The van der Waals surface area contributed by atoms with Crippen LogP contribution in [0.1, 0.15) is 13.8 Å². The zero-order valence-corrected chi connectivity index (χ0v) is 14.2. The Bertz CT molecular complexity index is 531. The molecule has 10 nitrogen and oxygen atoms in total. The molecule has 1 aromatic heterocycles. The number of hydrogen-bond donors (Lipinski definition) is 2. The molecule has 0 saturated carbocycles. The first-order chi connectivity index (χ1) is 10.9. The van der Waals surface area contributed by atoms with E-state index in [-0.39, 0.29) is 18.4 Å². The van der Waals surface area contributed by atoms with Crippen molar-refractivity contribution in [3.8, 4) is 0 Å². The van der Waals surface area contributed by atoms with E-state index >= 15 is 0 Å². The van der Waals surface area contributed by atoms with Crippen LogP contribution in [0.4, 0.5) is 4.79 Å². The first kappa shape index (κ1) is 19.4. The number of carbonyl (C=O) groups is 2. The minimum Gasteiger partial charge on any atom is -0.462 e. The largest absolute Gasteiger partial charge is 0.462 e. The highest BCUT2D eigenvalue weighted by molar-refractivity contribution is 8.24. The molecule has 0 saturated heterocycles. The zero-order valence-electron chi connectivity index (χ0n) is 13.3. The van der Waals surface area contributed by atoms with Gasteiger partial charge < -0.3 is 14.4 Å². The summed E-state index contributed by atoms with van der Waals surface area (Å²) in [6.07, 6.45) is 1.08. The molecule has 0 aliphatic heterocycles. The first-order valence-corrected chi connectivity index (χ1v) is 8.68. The molecule has 11 heteroatoms. The van der Waals surface area contributed by atoms with Gasteiger partial charge in [-0.3, -0.25) is 13.9 Å². The minimum absolute atomic E-state index is 0.00711. The van der Waals surface area contributed by atoms with E-state index in [2.05, 4.69) is 10.1 Å². The first-order valence-electron chi connectivity index (χ1n) is 6.97. The second-order valence-electron chi connectivity index (χ2n) is 4.45. The highest BCUT2D eigenvalue weighted by Crippen LogP contribution is 2.45. The smallest absolute Gasteiger partial charge is 0.346 e. The van der Waals surface area contributed by atoms with Gasteiger partial charge in [-0.1, -0.05) is 0 Å². The van der Waals surface area contributed by atoms with Crippen LogP contribution in [0.2, 0.25) is 0 Å². The van der Waals surface area contributed by atoms with Gasteiger partial charge in [0.15, 0.2) is 0 Å². The number of rotatable bonds is 8. The summed E-state index contributed by atoms with van der Waals surface area (Å²) in [4.78, 5) is 28.8. The van der Waals surface area contributed by atoms with Crippen molar-refractivity contribution in [1.29, 1.82) is 0 Å². The molecule has 0 radical (unpaired) electrons. The molecule has 0 spiro atoms. The highest BCUT2D eigenvalue weighted by atomic mass is 32.3. The minimum atomic E-state index is -3.58. The van der Waals surface area contributed by atoms with Gasteiger partial charge in [-0.25, -0.2) is 9.78 Å². The van der Waals surface area contributed by atoms with Crippen molar-refractivity contribution >= 4 is 22.6 Å². The molecule has 1 aromatic rings. The molecule has 23 heavy (non-hydrogen) atoms. The fourth-order valence-electron chi connectivity index (χ4n) is 1.64. The van der Waals surface area contributed by atoms with Gasteiger partial charge in [0.25, 0.3) is 5.16 Å². The lowest BCUT2D eigenvalue weighted by Crippen LogP contribution is -2.34. The number of esters is 1. The van der Waals surface area contributed by atoms with Gasteiger partial charge in [0.1, 0.15) is 18.7 Å². The van der Waals surface area contributed by atoms with Crippen LogP contribution >= 0.6 is 10.6 Å². The van der Waals surface area contributed by atoms with E-state index in [1.54, 1.807) is 0 Å². The summed E-state index contributed by atoms with van der Waals surface area (Å²) in [6, 6.07) is -0.438. The standard InChI is InChI=1S/C12H22N4O6S/c1-4-15(5-2)12(18)16-9-13-11(14-16)23(19,20)8-10(17)22-7-6-21-3/h9,19-20H,4-8H2,1-3H3. The van der Waals surface area contributed by atoms with Crippen molar-refractivity contribution in [2.45, 2.75) is 19.0 Å². The zero-order chi connectivity index (χ0) is 17.5. The number of amides is 1. The SMILES string of the molecule is CCN(CC)C(=O)n1cnc(S(O)(O)CC(=O)OCCOC)n1. The average molecular weight is 350 g/mol. The molecule has 0 fully saturated rings. The van der Waals surface area contributed by atoms with Crippen molar-refractivity contribution in [3.63, 3.8) is 0 Å². The Kier molecular flexibility index (Phi) is 7.42. The topological polar surface area (TPSA) is 127 Å². The van der Waals surface area contributed by atoms with Gasteiger partial charge in [0.05, 0.1) is 6.61 Å². The van der Waals surface area contributed by atoms with Gasteiger partial charge in [-0.2, -0.15) is 4.68 Å². The van der Waals surface area contributed by atoms with E-state index in [1.165, 1.54) is 12.0 Å². The number of nitrogens with zero attached hydrogens (tertiary/aromatic N) is 4. The van der Waals surface area contributed by atoms with E-state index in [9.17, 15) is 18.7 Å². The maximum atomic E-state index is 12.1. The quantitative estimate of drug-likeness (QED) is 0.523. The van der Waals surface area contributed by atoms with Gasteiger partial charge in [-0.15, -0.1) is 15.7 Å². The maximum absolute atomic E-state index is 12.1. The van der Waals surface area contributed by atoms with Crippen molar-refractivity contribution in [2.24, 2.45) is 0 Å². The van der Waals surface area contributed by atoms with E-state index in [4.69, 9.17) is 9.47 Å². The number of methoxy groups -OCH3 is 1. The normalized spacial score (nSPS) is 12.0. The van der Waals surface area contributed by atoms with Gasteiger partial charge >= 0.3 is 12.0 Å². The molecular weight excluding hydrogens is 328 g/mol. The van der Waals surface area contributed by atoms with Crippen LogP contribution < -0.4 is 0 Å². The van der Waals surface area contributed by atoms with Crippen LogP contribution in [0.25, 0.3) is 0 Å². The van der Waals surface area contributed by atoms with Crippen LogP contribution in [0.3, 0.4) is 0 Å². The fraction of sp³-hybridized carbons (Fsp3) is 0.667. The molecule has 1 rings (SSSR count). The van der Waals surface area contributed by atoms with Crippen molar-refractivity contribution < 1.29 is 28.2 Å². The van der Waals surface area contributed by atoms with Crippen LogP contribution in [-0.2, 0) is 14.3 Å². The van der Waals surface area contributed by atoms with Crippen LogP contribution in [0.15, 0.2) is 11.5 Å². The number of ether oxygens (including phenoxy) is 2. The van der Waals surface area contributed by atoms with Crippen molar-refractivity contribution in [3.05, 3.63) is 6.33 Å². The van der Waals surface area contributed by atoms with E-state index in [1.807, 2.05) is 13.8 Å². The third kappa shape index (κ3) is 5.46. The lowest BCUT2D eigenvalue weighted by molar-refractivity contribution is -0.141. The average Bonchev–Trinajstić information content (AvgIpc) is 2.99. The number of carbonyl (C=O) groups excluding carboxylic acids is 2. The Morgan fingerprint density at radius 3 is 2.52 bits per heavy atom. The van der Waals surface area contributed by atoms with Gasteiger partial charge in [0.2, 0.25) is 0 Å². The predicted molar refractivity (Wildman–Crippen MR) is 82.6 cm³/mol. The molecule has 0 bridgehead atoms. The Hall–Kier alpha value is -1.69. The molecule has 1 amide bonds. The van der Waals surface area contributed by atoms with Crippen LogP contribution in [0.5, 0.6) is 0 Å².